The minimum Gasteiger partial charge on any atom is -0.324 e. The van der Waals surface area contributed by atoms with E-state index in [1.165, 1.54) is 11.0 Å². The third kappa shape index (κ3) is 2.59. The predicted octanol–water partition coefficient (Wildman–Crippen LogP) is 2.44. The minimum absolute atomic E-state index is 0.351. The Bertz CT molecular complexity index is 992. The Labute approximate surface area is 140 Å². The zero-order valence-electron chi connectivity index (χ0n) is 12.1. The van der Waals surface area contributed by atoms with Gasteiger partial charge in [0.2, 0.25) is 5.95 Å². The van der Waals surface area contributed by atoms with Crippen LogP contribution in [0.1, 0.15) is 10.4 Å². The number of nitrogens with one attached hydrogen (secondary N) is 2. The molecule has 118 valence electrons. The quantitative estimate of drug-likeness (QED) is 0.597. The van der Waals surface area contributed by atoms with Gasteiger partial charge in [-0.15, -0.1) is 5.10 Å². The van der Waals surface area contributed by atoms with Crippen LogP contribution >= 0.6 is 11.6 Å². The molecule has 0 saturated heterocycles. The highest BCUT2D eigenvalue weighted by molar-refractivity contribution is 6.31. The van der Waals surface area contributed by atoms with Gasteiger partial charge in [0.1, 0.15) is 6.33 Å². The number of benzene rings is 2. The van der Waals surface area contributed by atoms with E-state index in [0.717, 1.165) is 11.0 Å². The summed E-state index contributed by atoms with van der Waals surface area (Å²) >= 11 is 6.02. The molecule has 4 rings (SSSR count). The van der Waals surface area contributed by atoms with Crippen LogP contribution in [-0.4, -0.2) is 36.1 Å². The van der Waals surface area contributed by atoms with Crippen molar-refractivity contribution in [2.24, 2.45) is 0 Å². The van der Waals surface area contributed by atoms with E-state index in [4.69, 9.17) is 11.6 Å². The van der Waals surface area contributed by atoms with Crippen molar-refractivity contribution in [2.45, 2.75) is 0 Å². The number of aromatic amines is 1. The molecule has 0 radical (unpaired) electrons. The fourth-order valence-corrected chi connectivity index (χ4v) is 2.51. The van der Waals surface area contributed by atoms with Crippen LogP contribution in [0.2, 0.25) is 5.02 Å². The zero-order chi connectivity index (χ0) is 16.5. The number of hydrogen-bond donors (Lipinski definition) is 2. The van der Waals surface area contributed by atoms with E-state index in [-0.39, 0.29) is 5.91 Å². The van der Waals surface area contributed by atoms with Gasteiger partial charge in [-0.1, -0.05) is 23.7 Å². The number of para-hydroxylation sites is 2. The fraction of sp³-hybridized carbons (Fsp3) is 0. The highest BCUT2D eigenvalue weighted by atomic mass is 35.5. The normalized spacial score (nSPS) is 10.9. The number of carbonyl (C=O) groups excluding carboxylic acids is 1. The second-order valence-electron chi connectivity index (χ2n) is 4.97. The lowest BCUT2D eigenvalue weighted by Gasteiger charge is -2.08. The van der Waals surface area contributed by atoms with Crippen molar-refractivity contribution >= 4 is 34.5 Å². The van der Waals surface area contributed by atoms with Gasteiger partial charge in [-0.25, -0.2) is 4.98 Å². The van der Waals surface area contributed by atoms with E-state index in [2.05, 4.69) is 30.8 Å². The number of tetrazole rings is 1. The largest absolute Gasteiger partial charge is 0.324 e. The maximum Gasteiger partial charge on any atom is 0.260 e. The van der Waals surface area contributed by atoms with Crippen LogP contribution in [0.3, 0.4) is 0 Å². The monoisotopic (exact) mass is 339 g/mol. The van der Waals surface area contributed by atoms with Gasteiger partial charge in [-0.05, 0) is 40.8 Å². The number of anilines is 1. The van der Waals surface area contributed by atoms with Crippen LogP contribution in [0, 0.1) is 0 Å². The topological polar surface area (TPSA) is 101 Å². The molecule has 0 saturated carbocycles. The summed E-state index contributed by atoms with van der Waals surface area (Å²) in [6, 6.07) is 12.4. The summed E-state index contributed by atoms with van der Waals surface area (Å²) in [5.41, 5.74) is 2.45. The Hall–Kier alpha value is -3.26. The molecule has 0 aliphatic heterocycles. The first-order valence-corrected chi connectivity index (χ1v) is 7.37. The first-order valence-electron chi connectivity index (χ1n) is 7.00. The molecule has 0 aliphatic carbocycles. The lowest BCUT2D eigenvalue weighted by molar-refractivity contribution is 0.102. The zero-order valence-corrected chi connectivity index (χ0v) is 12.9. The number of nitrogens with zero attached hydrogens (tertiary/aromatic N) is 5. The smallest absolute Gasteiger partial charge is 0.260 e. The number of imidazole rings is 1. The first kappa shape index (κ1) is 14.3. The van der Waals surface area contributed by atoms with E-state index in [1.807, 2.05) is 24.3 Å². The maximum atomic E-state index is 12.6. The van der Waals surface area contributed by atoms with Crippen molar-refractivity contribution in [1.82, 2.24) is 30.2 Å². The summed E-state index contributed by atoms with van der Waals surface area (Å²) in [6.07, 6.45) is 1.39. The van der Waals surface area contributed by atoms with Crippen LogP contribution < -0.4 is 5.32 Å². The number of hydrogen-bond acceptors (Lipinski definition) is 5. The SMILES string of the molecule is O=C(Nc1nc2ccccc2[nH]1)c1ccc(Cl)cc1-n1cnnn1. The Balaban J connectivity index is 1.69. The highest BCUT2D eigenvalue weighted by Gasteiger charge is 2.16. The third-order valence-electron chi connectivity index (χ3n) is 3.42. The molecule has 2 heterocycles. The van der Waals surface area contributed by atoms with E-state index < -0.39 is 0 Å². The number of carbonyl (C=O) groups is 1. The van der Waals surface area contributed by atoms with Crippen molar-refractivity contribution in [1.29, 1.82) is 0 Å². The van der Waals surface area contributed by atoms with Crippen LogP contribution in [0.4, 0.5) is 5.95 Å². The molecule has 2 aromatic carbocycles. The van der Waals surface area contributed by atoms with Crippen LogP contribution in [0.15, 0.2) is 48.8 Å². The number of H-pyrrole nitrogens is 1. The average Bonchev–Trinajstić information content (AvgIpc) is 3.23. The fourth-order valence-electron chi connectivity index (χ4n) is 2.34. The van der Waals surface area contributed by atoms with Crippen LogP contribution in [0.5, 0.6) is 0 Å². The van der Waals surface area contributed by atoms with Gasteiger partial charge in [0, 0.05) is 5.02 Å². The maximum absolute atomic E-state index is 12.6. The van der Waals surface area contributed by atoms with Gasteiger partial charge in [0.25, 0.3) is 5.91 Å². The molecule has 9 heteroatoms. The van der Waals surface area contributed by atoms with Gasteiger partial charge < -0.3 is 4.98 Å². The standard InChI is InChI=1S/C15H10ClN7O/c16-9-5-6-10(13(7-9)23-8-17-21-22-23)14(24)20-15-18-11-3-1-2-4-12(11)19-15/h1-8H,(H2,18,19,20,24). The third-order valence-corrected chi connectivity index (χ3v) is 3.66. The summed E-state index contributed by atoms with van der Waals surface area (Å²) in [4.78, 5) is 20.0. The number of halogens is 1. The molecular weight excluding hydrogens is 330 g/mol. The molecule has 0 fully saturated rings. The summed E-state index contributed by atoms with van der Waals surface area (Å²) in [5.74, 6) is 0.00929. The van der Waals surface area contributed by atoms with Crippen LogP contribution in [0.25, 0.3) is 16.7 Å². The summed E-state index contributed by atoms with van der Waals surface area (Å²) < 4.78 is 1.37. The second-order valence-corrected chi connectivity index (χ2v) is 5.41. The molecule has 2 aromatic heterocycles. The van der Waals surface area contributed by atoms with Crippen molar-refractivity contribution in [3.05, 3.63) is 59.4 Å². The Kier molecular flexibility index (Phi) is 3.43. The number of rotatable bonds is 3. The van der Waals surface area contributed by atoms with Crippen LogP contribution in [-0.2, 0) is 0 Å². The Morgan fingerprint density at radius 2 is 2.08 bits per heavy atom. The van der Waals surface area contributed by atoms with E-state index in [9.17, 15) is 4.79 Å². The van der Waals surface area contributed by atoms with Gasteiger partial charge >= 0.3 is 0 Å². The van der Waals surface area contributed by atoms with Crippen molar-refractivity contribution in [3.8, 4) is 5.69 Å². The predicted molar refractivity (Wildman–Crippen MR) is 88.2 cm³/mol. The van der Waals surface area contributed by atoms with Gasteiger partial charge in [-0.2, -0.15) is 4.68 Å². The van der Waals surface area contributed by atoms with E-state index in [1.54, 1.807) is 18.2 Å². The Morgan fingerprint density at radius 1 is 1.21 bits per heavy atom. The first-order chi connectivity index (χ1) is 11.7. The van der Waals surface area contributed by atoms with Gasteiger partial charge in [0.05, 0.1) is 22.3 Å². The summed E-state index contributed by atoms with van der Waals surface area (Å²) in [6.45, 7) is 0. The molecule has 0 aliphatic rings. The molecule has 2 N–H and O–H groups in total. The van der Waals surface area contributed by atoms with Crippen molar-refractivity contribution in [2.75, 3.05) is 5.32 Å². The summed E-state index contributed by atoms with van der Waals surface area (Å²) in [7, 11) is 0. The highest BCUT2D eigenvalue weighted by Crippen LogP contribution is 2.21. The van der Waals surface area contributed by atoms with E-state index in [0.29, 0.717) is 22.2 Å². The molecule has 0 spiro atoms. The average molecular weight is 340 g/mol. The second kappa shape index (κ2) is 5.74. The van der Waals surface area contributed by atoms with Gasteiger partial charge in [-0.3, -0.25) is 10.1 Å². The van der Waals surface area contributed by atoms with Crippen molar-refractivity contribution in [3.63, 3.8) is 0 Å². The summed E-state index contributed by atoms with van der Waals surface area (Å²) in [5, 5.41) is 14.2. The molecule has 8 nitrogen and oxygen atoms in total. The molecule has 4 aromatic rings. The molecule has 0 atom stereocenters. The number of fused-ring (bicyclic) bond motifs is 1. The van der Waals surface area contributed by atoms with E-state index >= 15 is 0 Å². The number of aromatic nitrogens is 6. The molecule has 0 unspecified atom stereocenters. The van der Waals surface area contributed by atoms with Crippen molar-refractivity contribution < 1.29 is 4.79 Å². The molecule has 0 bridgehead atoms. The lowest BCUT2D eigenvalue weighted by Crippen LogP contribution is -2.16. The molecule has 24 heavy (non-hydrogen) atoms. The van der Waals surface area contributed by atoms with Gasteiger partial charge in [0.15, 0.2) is 0 Å². The lowest BCUT2D eigenvalue weighted by atomic mass is 10.1. The molecular formula is C15H10ClN7O. The number of amides is 1. The minimum atomic E-state index is -0.351. The Morgan fingerprint density at radius 3 is 2.88 bits per heavy atom. The molecule has 1 amide bonds.